The first kappa shape index (κ1) is 14.5. The van der Waals surface area contributed by atoms with Crippen LogP contribution >= 0.6 is 0 Å². The van der Waals surface area contributed by atoms with Gasteiger partial charge in [-0.1, -0.05) is 30.3 Å². The van der Waals surface area contributed by atoms with Crippen molar-refractivity contribution in [1.82, 2.24) is 5.32 Å². The molecule has 1 heterocycles. The number of nitrogens with one attached hydrogen (secondary N) is 1. The van der Waals surface area contributed by atoms with Crippen LogP contribution in [0.15, 0.2) is 30.3 Å². The fourth-order valence-corrected chi connectivity index (χ4v) is 4.32. The molecule has 19 heavy (non-hydrogen) atoms. The highest BCUT2D eigenvalue weighted by atomic mass is 32.2. The zero-order valence-electron chi connectivity index (χ0n) is 11.5. The lowest BCUT2D eigenvalue weighted by Crippen LogP contribution is -2.44. The molecule has 1 aromatic carbocycles. The van der Waals surface area contributed by atoms with Gasteiger partial charge in [0.15, 0.2) is 9.84 Å². The molecule has 2 atom stereocenters. The van der Waals surface area contributed by atoms with Gasteiger partial charge >= 0.3 is 0 Å². The highest BCUT2D eigenvalue weighted by molar-refractivity contribution is 7.91. The van der Waals surface area contributed by atoms with Crippen molar-refractivity contribution in [3.05, 3.63) is 35.9 Å². The van der Waals surface area contributed by atoms with Gasteiger partial charge in [-0.2, -0.15) is 0 Å². The van der Waals surface area contributed by atoms with E-state index >= 15 is 0 Å². The Morgan fingerprint density at radius 2 is 2.05 bits per heavy atom. The predicted octanol–water partition coefficient (Wildman–Crippen LogP) is 2.17. The van der Waals surface area contributed by atoms with Crippen LogP contribution in [0.25, 0.3) is 0 Å². The minimum Gasteiger partial charge on any atom is -0.310 e. The van der Waals surface area contributed by atoms with E-state index < -0.39 is 9.84 Å². The van der Waals surface area contributed by atoms with Crippen LogP contribution < -0.4 is 5.32 Å². The molecule has 0 bridgehead atoms. The van der Waals surface area contributed by atoms with E-state index in [0.29, 0.717) is 17.5 Å². The molecule has 1 aliphatic rings. The summed E-state index contributed by atoms with van der Waals surface area (Å²) in [5, 5.41) is 3.47. The van der Waals surface area contributed by atoms with E-state index in [1.807, 2.05) is 6.07 Å². The Kier molecular flexibility index (Phi) is 4.99. The molecule has 106 valence electrons. The van der Waals surface area contributed by atoms with E-state index in [-0.39, 0.29) is 6.04 Å². The fourth-order valence-electron chi connectivity index (χ4n) is 2.67. The van der Waals surface area contributed by atoms with Crippen LogP contribution in [0.5, 0.6) is 0 Å². The largest absolute Gasteiger partial charge is 0.310 e. The van der Waals surface area contributed by atoms with Crippen LogP contribution in [-0.2, 0) is 16.3 Å². The minimum absolute atomic E-state index is 0.143. The van der Waals surface area contributed by atoms with Gasteiger partial charge in [0, 0.05) is 12.1 Å². The molecule has 1 N–H and O–H groups in total. The second-order valence-electron chi connectivity index (χ2n) is 5.55. The molecule has 0 aromatic heterocycles. The van der Waals surface area contributed by atoms with Gasteiger partial charge in [0.25, 0.3) is 0 Å². The van der Waals surface area contributed by atoms with E-state index in [9.17, 15) is 8.42 Å². The summed E-state index contributed by atoms with van der Waals surface area (Å²) in [6.45, 7) is 2.14. The molecule has 1 fully saturated rings. The fraction of sp³-hybridized carbons (Fsp3) is 0.600. The minimum atomic E-state index is -2.81. The maximum absolute atomic E-state index is 11.6. The summed E-state index contributed by atoms with van der Waals surface area (Å²) in [4.78, 5) is 0. The van der Waals surface area contributed by atoms with Gasteiger partial charge < -0.3 is 5.32 Å². The Hall–Kier alpha value is -0.870. The second kappa shape index (κ2) is 6.53. The van der Waals surface area contributed by atoms with Gasteiger partial charge in [-0.3, -0.25) is 0 Å². The summed E-state index contributed by atoms with van der Waals surface area (Å²) in [6.07, 6.45) is 3.86. The third-order valence-electron chi connectivity index (χ3n) is 3.69. The summed E-state index contributed by atoms with van der Waals surface area (Å²) in [6, 6.07) is 10.9. The molecule has 0 spiro atoms. The summed E-state index contributed by atoms with van der Waals surface area (Å²) >= 11 is 0. The van der Waals surface area contributed by atoms with Crippen molar-refractivity contribution in [3.63, 3.8) is 0 Å². The summed E-state index contributed by atoms with van der Waals surface area (Å²) in [5.41, 5.74) is 1.34. The first-order valence-electron chi connectivity index (χ1n) is 7.05. The van der Waals surface area contributed by atoms with E-state index in [2.05, 4.69) is 36.5 Å². The third kappa shape index (κ3) is 4.96. The molecule has 4 heteroatoms. The zero-order chi connectivity index (χ0) is 13.7. The molecular weight excluding hydrogens is 258 g/mol. The lowest BCUT2D eigenvalue weighted by Gasteiger charge is -2.26. The van der Waals surface area contributed by atoms with Crippen LogP contribution in [0.4, 0.5) is 0 Å². The van der Waals surface area contributed by atoms with Gasteiger partial charge in [-0.25, -0.2) is 8.42 Å². The molecule has 2 rings (SSSR count). The smallest absolute Gasteiger partial charge is 0.151 e. The van der Waals surface area contributed by atoms with Gasteiger partial charge in [-0.15, -0.1) is 0 Å². The first-order chi connectivity index (χ1) is 9.05. The van der Waals surface area contributed by atoms with Gasteiger partial charge in [0.05, 0.1) is 11.5 Å². The molecule has 1 aromatic rings. The van der Waals surface area contributed by atoms with Crippen molar-refractivity contribution in [2.45, 2.75) is 44.7 Å². The van der Waals surface area contributed by atoms with Crippen molar-refractivity contribution in [2.24, 2.45) is 0 Å². The Bertz CT molecular complexity index is 484. The van der Waals surface area contributed by atoms with Crippen LogP contribution in [-0.4, -0.2) is 32.0 Å². The van der Waals surface area contributed by atoms with Crippen LogP contribution in [0.1, 0.15) is 31.7 Å². The first-order valence-corrected chi connectivity index (χ1v) is 8.88. The number of rotatable bonds is 5. The van der Waals surface area contributed by atoms with Crippen LogP contribution in [0.2, 0.25) is 0 Å². The molecular formula is C15H23NO2S. The van der Waals surface area contributed by atoms with Crippen LogP contribution in [0, 0.1) is 0 Å². The number of benzene rings is 1. The molecule has 2 unspecified atom stereocenters. The van der Waals surface area contributed by atoms with Crippen molar-refractivity contribution in [3.8, 4) is 0 Å². The van der Waals surface area contributed by atoms with Gasteiger partial charge in [0.1, 0.15) is 0 Å². The van der Waals surface area contributed by atoms with E-state index in [1.165, 1.54) is 5.56 Å². The predicted molar refractivity (Wildman–Crippen MR) is 79.0 cm³/mol. The summed E-state index contributed by atoms with van der Waals surface area (Å²) in [5.74, 6) is 0.673. The van der Waals surface area contributed by atoms with E-state index in [1.54, 1.807) is 0 Å². The lowest BCUT2D eigenvalue weighted by molar-refractivity contribution is 0.415. The Balaban J connectivity index is 1.76. The Labute approximate surface area is 116 Å². The molecule has 0 aliphatic carbocycles. The topological polar surface area (TPSA) is 46.2 Å². The maximum Gasteiger partial charge on any atom is 0.151 e. The number of hydrogen-bond acceptors (Lipinski definition) is 3. The number of hydrogen-bond donors (Lipinski definition) is 1. The SMILES string of the molecule is CC(CCc1ccccc1)NC1CCCS(=O)(=O)C1. The molecule has 3 nitrogen and oxygen atoms in total. The standard InChI is InChI=1S/C15H23NO2S/c1-13(9-10-14-6-3-2-4-7-14)16-15-8-5-11-19(17,18)12-15/h2-4,6-7,13,15-16H,5,8-12H2,1H3. The second-order valence-corrected chi connectivity index (χ2v) is 7.77. The monoisotopic (exact) mass is 281 g/mol. The van der Waals surface area contributed by atoms with Crippen molar-refractivity contribution >= 4 is 9.84 Å². The van der Waals surface area contributed by atoms with Crippen molar-refractivity contribution < 1.29 is 8.42 Å². The van der Waals surface area contributed by atoms with Crippen LogP contribution in [0.3, 0.4) is 0 Å². The maximum atomic E-state index is 11.6. The van der Waals surface area contributed by atoms with E-state index in [0.717, 1.165) is 25.7 Å². The summed E-state index contributed by atoms with van der Waals surface area (Å²) < 4.78 is 23.2. The molecule has 1 saturated heterocycles. The molecule has 1 aliphatic heterocycles. The quantitative estimate of drug-likeness (QED) is 0.900. The molecule has 0 amide bonds. The average molecular weight is 281 g/mol. The highest BCUT2D eigenvalue weighted by Crippen LogP contribution is 2.13. The van der Waals surface area contributed by atoms with Crippen molar-refractivity contribution in [1.29, 1.82) is 0 Å². The zero-order valence-corrected chi connectivity index (χ0v) is 12.3. The number of sulfone groups is 1. The van der Waals surface area contributed by atoms with Gasteiger partial charge in [0.2, 0.25) is 0 Å². The Morgan fingerprint density at radius 1 is 1.32 bits per heavy atom. The van der Waals surface area contributed by atoms with Crippen molar-refractivity contribution in [2.75, 3.05) is 11.5 Å². The number of aryl methyl sites for hydroxylation is 1. The normalized spacial score (nSPS) is 23.9. The van der Waals surface area contributed by atoms with E-state index in [4.69, 9.17) is 0 Å². The molecule has 0 radical (unpaired) electrons. The van der Waals surface area contributed by atoms with Gasteiger partial charge in [-0.05, 0) is 38.2 Å². The average Bonchev–Trinajstić information content (AvgIpc) is 2.36. The highest BCUT2D eigenvalue weighted by Gasteiger charge is 2.25. The summed E-state index contributed by atoms with van der Waals surface area (Å²) in [7, 11) is -2.81. The molecule has 0 saturated carbocycles. The Morgan fingerprint density at radius 3 is 2.74 bits per heavy atom. The third-order valence-corrected chi connectivity index (χ3v) is 5.51. The lowest BCUT2D eigenvalue weighted by atomic mass is 10.0.